The molecule has 0 spiro atoms. The maximum atomic E-state index is 6.23. The van der Waals surface area contributed by atoms with Gasteiger partial charge in [-0.1, -0.05) is 17.7 Å². The summed E-state index contributed by atoms with van der Waals surface area (Å²) in [5.41, 5.74) is 1.23. The predicted octanol–water partition coefficient (Wildman–Crippen LogP) is 2.92. The van der Waals surface area contributed by atoms with Gasteiger partial charge >= 0.3 is 0 Å². The molecule has 3 aliphatic heterocycles. The van der Waals surface area contributed by atoms with Crippen LogP contribution >= 0.6 is 11.6 Å². The molecular formula is C16H23ClN2O. The summed E-state index contributed by atoms with van der Waals surface area (Å²) < 4.78 is 5.47. The van der Waals surface area contributed by atoms with Crippen LogP contribution in [-0.4, -0.2) is 37.2 Å². The van der Waals surface area contributed by atoms with Crippen molar-refractivity contribution in [2.75, 3.05) is 26.2 Å². The van der Waals surface area contributed by atoms with E-state index in [1.807, 2.05) is 19.1 Å². The first kappa shape index (κ1) is 14.2. The Kier molecular flexibility index (Phi) is 4.49. The number of rotatable bonds is 5. The molecule has 0 aromatic heterocycles. The van der Waals surface area contributed by atoms with Gasteiger partial charge in [-0.05, 0) is 56.5 Å². The minimum atomic E-state index is 0.642. The molecule has 1 unspecified atom stereocenters. The van der Waals surface area contributed by atoms with Gasteiger partial charge in [-0.3, -0.25) is 0 Å². The van der Waals surface area contributed by atoms with E-state index >= 15 is 0 Å². The lowest BCUT2D eigenvalue weighted by molar-refractivity contribution is 0.0720. The number of hydrogen-bond acceptors (Lipinski definition) is 3. The van der Waals surface area contributed by atoms with Crippen LogP contribution in [-0.2, 0) is 6.54 Å². The van der Waals surface area contributed by atoms with Gasteiger partial charge in [0.15, 0.2) is 0 Å². The molecule has 3 aliphatic rings. The van der Waals surface area contributed by atoms with Crippen LogP contribution in [0.4, 0.5) is 0 Å². The zero-order chi connectivity index (χ0) is 13.9. The summed E-state index contributed by atoms with van der Waals surface area (Å²) in [4.78, 5) is 2.57. The van der Waals surface area contributed by atoms with Gasteiger partial charge in [0.25, 0.3) is 0 Å². The quantitative estimate of drug-likeness (QED) is 0.904. The molecule has 3 fully saturated rings. The Hall–Kier alpha value is -0.770. The van der Waals surface area contributed by atoms with Gasteiger partial charge in [0, 0.05) is 19.1 Å². The summed E-state index contributed by atoms with van der Waals surface area (Å²) in [5, 5.41) is 4.42. The minimum Gasteiger partial charge on any atom is -0.492 e. The number of piperidine rings is 3. The Morgan fingerprint density at radius 1 is 1.35 bits per heavy atom. The molecule has 20 heavy (non-hydrogen) atoms. The maximum Gasteiger partial charge on any atom is 0.137 e. The van der Waals surface area contributed by atoms with Crippen LogP contribution in [0.15, 0.2) is 18.2 Å². The Balaban J connectivity index is 1.57. The average molecular weight is 295 g/mol. The Morgan fingerprint density at radius 2 is 2.15 bits per heavy atom. The van der Waals surface area contributed by atoms with Crippen LogP contribution in [0.1, 0.15) is 25.3 Å². The molecule has 1 N–H and O–H groups in total. The Morgan fingerprint density at radius 3 is 2.75 bits per heavy atom. The summed E-state index contributed by atoms with van der Waals surface area (Å²) in [6.07, 6.45) is 2.70. The monoisotopic (exact) mass is 294 g/mol. The van der Waals surface area contributed by atoms with Crippen molar-refractivity contribution in [1.82, 2.24) is 10.2 Å². The number of ether oxygens (including phenoxy) is 1. The molecule has 0 amide bonds. The molecule has 4 rings (SSSR count). The van der Waals surface area contributed by atoms with Gasteiger partial charge in [0.1, 0.15) is 5.75 Å². The third-order valence-corrected chi connectivity index (χ3v) is 4.82. The second-order valence-electron chi connectivity index (χ2n) is 5.82. The number of fused-ring (bicyclic) bond motifs is 3. The molecule has 3 nitrogen and oxygen atoms in total. The van der Waals surface area contributed by atoms with Gasteiger partial charge in [-0.2, -0.15) is 0 Å². The van der Waals surface area contributed by atoms with E-state index < -0.39 is 0 Å². The van der Waals surface area contributed by atoms with Gasteiger partial charge in [0.2, 0.25) is 0 Å². The van der Waals surface area contributed by atoms with Crippen molar-refractivity contribution < 1.29 is 4.74 Å². The van der Waals surface area contributed by atoms with Crippen LogP contribution in [0.3, 0.4) is 0 Å². The highest BCUT2D eigenvalue weighted by Crippen LogP contribution is 2.28. The zero-order valence-electron chi connectivity index (χ0n) is 12.1. The highest BCUT2D eigenvalue weighted by Gasteiger charge is 2.33. The Bertz CT molecular complexity index is 458. The van der Waals surface area contributed by atoms with E-state index in [-0.39, 0.29) is 0 Å². The summed E-state index contributed by atoms with van der Waals surface area (Å²) in [5.74, 6) is 1.64. The smallest absolute Gasteiger partial charge is 0.137 e. The predicted molar refractivity (Wildman–Crippen MR) is 82.4 cm³/mol. The lowest BCUT2D eigenvalue weighted by Gasteiger charge is -2.45. The number of benzene rings is 1. The van der Waals surface area contributed by atoms with Gasteiger partial charge in [0.05, 0.1) is 11.6 Å². The fourth-order valence-electron chi connectivity index (χ4n) is 3.37. The van der Waals surface area contributed by atoms with Crippen LogP contribution in [0, 0.1) is 5.92 Å². The van der Waals surface area contributed by atoms with Crippen LogP contribution in [0.2, 0.25) is 5.02 Å². The van der Waals surface area contributed by atoms with E-state index in [0.29, 0.717) is 17.7 Å². The minimum absolute atomic E-state index is 0.642. The number of hydrogen-bond donors (Lipinski definition) is 1. The maximum absolute atomic E-state index is 6.23. The second-order valence-corrected chi connectivity index (χ2v) is 6.23. The number of nitrogens with zero attached hydrogens (tertiary/aromatic N) is 1. The fraction of sp³-hybridized carbons (Fsp3) is 0.625. The van der Waals surface area contributed by atoms with Crippen molar-refractivity contribution in [2.45, 2.75) is 32.4 Å². The number of halogens is 1. The van der Waals surface area contributed by atoms with E-state index in [0.717, 1.165) is 18.2 Å². The molecule has 0 radical (unpaired) electrons. The van der Waals surface area contributed by atoms with Gasteiger partial charge < -0.3 is 15.0 Å². The van der Waals surface area contributed by atoms with Crippen LogP contribution < -0.4 is 10.1 Å². The summed E-state index contributed by atoms with van der Waals surface area (Å²) in [7, 11) is 0. The van der Waals surface area contributed by atoms with Gasteiger partial charge in [-0.25, -0.2) is 0 Å². The first-order valence-electron chi connectivity index (χ1n) is 7.63. The summed E-state index contributed by atoms with van der Waals surface area (Å²) >= 11 is 6.23. The molecule has 0 aliphatic carbocycles. The molecule has 1 aromatic carbocycles. The van der Waals surface area contributed by atoms with Crippen molar-refractivity contribution in [3.05, 3.63) is 28.8 Å². The third kappa shape index (κ3) is 3.11. The van der Waals surface area contributed by atoms with Gasteiger partial charge in [-0.15, -0.1) is 0 Å². The molecular weight excluding hydrogens is 272 g/mol. The van der Waals surface area contributed by atoms with Crippen LogP contribution in [0.25, 0.3) is 0 Å². The topological polar surface area (TPSA) is 24.5 Å². The fourth-order valence-corrected chi connectivity index (χ4v) is 3.63. The van der Waals surface area contributed by atoms with Crippen molar-refractivity contribution in [3.63, 3.8) is 0 Å². The van der Waals surface area contributed by atoms with Crippen molar-refractivity contribution in [2.24, 2.45) is 5.92 Å². The van der Waals surface area contributed by atoms with Crippen molar-refractivity contribution in [3.8, 4) is 5.75 Å². The molecule has 0 saturated carbocycles. The second kappa shape index (κ2) is 6.33. The SMILES string of the molecule is CCOc1ccc(CNC2CN3CCC2CC3)cc1Cl. The standard InChI is InChI=1S/C16H23ClN2O/c1-2-20-16-4-3-12(9-14(16)17)10-18-15-11-19-7-5-13(15)6-8-19/h3-4,9,13,15,18H,2,5-8,10-11H2,1H3. The molecule has 3 heterocycles. The van der Waals surface area contributed by atoms with E-state index in [2.05, 4.69) is 16.3 Å². The van der Waals surface area contributed by atoms with Crippen LogP contribution in [0.5, 0.6) is 5.75 Å². The average Bonchev–Trinajstić information content (AvgIpc) is 2.49. The third-order valence-electron chi connectivity index (χ3n) is 4.52. The molecule has 1 atom stereocenters. The molecule has 3 saturated heterocycles. The Labute approximate surface area is 126 Å². The molecule has 110 valence electrons. The van der Waals surface area contributed by atoms with Crippen molar-refractivity contribution >= 4 is 11.6 Å². The molecule has 1 aromatic rings. The molecule has 2 bridgehead atoms. The van der Waals surface area contributed by atoms with E-state index in [4.69, 9.17) is 16.3 Å². The summed E-state index contributed by atoms with van der Waals surface area (Å²) in [6.45, 7) is 7.29. The normalized spacial score (nSPS) is 28.6. The number of nitrogens with one attached hydrogen (secondary N) is 1. The molecule has 4 heteroatoms. The highest BCUT2D eigenvalue weighted by molar-refractivity contribution is 6.32. The summed E-state index contributed by atoms with van der Waals surface area (Å²) in [6, 6.07) is 6.73. The lowest BCUT2D eigenvalue weighted by atomic mass is 9.84. The largest absolute Gasteiger partial charge is 0.492 e. The van der Waals surface area contributed by atoms with E-state index in [1.165, 1.54) is 38.0 Å². The lowest BCUT2D eigenvalue weighted by Crippen LogP contribution is -2.55. The first-order valence-corrected chi connectivity index (χ1v) is 8.01. The highest BCUT2D eigenvalue weighted by atomic mass is 35.5. The van der Waals surface area contributed by atoms with Crippen molar-refractivity contribution in [1.29, 1.82) is 0 Å². The zero-order valence-corrected chi connectivity index (χ0v) is 12.8. The van der Waals surface area contributed by atoms with E-state index in [1.54, 1.807) is 0 Å². The van der Waals surface area contributed by atoms with E-state index in [9.17, 15) is 0 Å². The first-order chi connectivity index (χ1) is 9.76.